The maximum atomic E-state index is 10.9. The van der Waals surface area contributed by atoms with Crippen molar-refractivity contribution in [3.8, 4) is 0 Å². The summed E-state index contributed by atoms with van der Waals surface area (Å²) in [7, 11) is 0. The number of carbonyl (C=O) groups is 2. The lowest BCUT2D eigenvalue weighted by Gasteiger charge is -2.14. The highest BCUT2D eigenvalue weighted by Crippen LogP contribution is 2.22. The van der Waals surface area contributed by atoms with Crippen LogP contribution in [0.3, 0.4) is 0 Å². The zero-order valence-electron chi connectivity index (χ0n) is 8.03. The van der Waals surface area contributed by atoms with Gasteiger partial charge in [0.2, 0.25) is 5.91 Å². The standard InChI is InChI=1S/C10H10ClNO3/c1-6(13)12-9(10(14)15)7-4-2-3-5-8(7)11/h2-5,9H,1H3,(H,12,13)(H,14,15)/t9-/m0/s1. The van der Waals surface area contributed by atoms with Crippen LogP contribution in [0.4, 0.5) is 0 Å². The number of hydrogen-bond donors (Lipinski definition) is 2. The molecule has 0 heterocycles. The molecule has 0 saturated heterocycles. The third-order valence-electron chi connectivity index (χ3n) is 1.81. The van der Waals surface area contributed by atoms with Gasteiger partial charge in [0.15, 0.2) is 6.04 Å². The second-order valence-corrected chi connectivity index (χ2v) is 3.40. The fourth-order valence-corrected chi connectivity index (χ4v) is 1.43. The number of carboxylic acids is 1. The molecule has 2 N–H and O–H groups in total. The number of aliphatic carboxylic acids is 1. The van der Waals surface area contributed by atoms with Gasteiger partial charge in [0, 0.05) is 17.5 Å². The molecule has 0 unspecified atom stereocenters. The van der Waals surface area contributed by atoms with Crippen molar-refractivity contribution in [3.05, 3.63) is 34.9 Å². The number of carboxylic acid groups (broad SMARTS) is 1. The van der Waals surface area contributed by atoms with Gasteiger partial charge < -0.3 is 10.4 Å². The van der Waals surface area contributed by atoms with Crippen molar-refractivity contribution in [3.63, 3.8) is 0 Å². The molecule has 1 aromatic carbocycles. The van der Waals surface area contributed by atoms with Crippen LogP contribution < -0.4 is 5.32 Å². The summed E-state index contributed by atoms with van der Waals surface area (Å²) in [5.41, 5.74) is 0.377. The molecule has 0 aromatic heterocycles. The Hall–Kier alpha value is -1.55. The Morgan fingerprint density at radius 1 is 1.40 bits per heavy atom. The summed E-state index contributed by atoms with van der Waals surface area (Å²) in [6.45, 7) is 1.26. The van der Waals surface area contributed by atoms with Crippen molar-refractivity contribution in [2.75, 3.05) is 0 Å². The van der Waals surface area contributed by atoms with Crippen molar-refractivity contribution in [1.82, 2.24) is 5.32 Å². The Balaban J connectivity index is 3.04. The molecule has 1 atom stereocenters. The van der Waals surface area contributed by atoms with Crippen LogP contribution in [0.2, 0.25) is 5.02 Å². The monoisotopic (exact) mass is 227 g/mol. The Labute approximate surface area is 91.9 Å². The minimum Gasteiger partial charge on any atom is -0.479 e. The molecule has 0 bridgehead atoms. The van der Waals surface area contributed by atoms with E-state index in [4.69, 9.17) is 16.7 Å². The number of carbonyl (C=O) groups excluding carboxylic acids is 1. The van der Waals surface area contributed by atoms with E-state index in [-0.39, 0.29) is 0 Å². The van der Waals surface area contributed by atoms with Crippen LogP contribution in [-0.2, 0) is 9.59 Å². The third-order valence-corrected chi connectivity index (χ3v) is 2.15. The maximum absolute atomic E-state index is 10.9. The van der Waals surface area contributed by atoms with E-state index < -0.39 is 17.9 Å². The summed E-state index contributed by atoms with van der Waals surface area (Å²) < 4.78 is 0. The second kappa shape index (κ2) is 4.79. The lowest BCUT2D eigenvalue weighted by molar-refractivity contribution is -0.141. The average Bonchev–Trinajstić information content (AvgIpc) is 2.15. The van der Waals surface area contributed by atoms with Gasteiger partial charge in [-0.25, -0.2) is 4.79 Å². The highest BCUT2D eigenvalue weighted by Gasteiger charge is 2.22. The number of nitrogens with one attached hydrogen (secondary N) is 1. The van der Waals surface area contributed by atoms with Crippen LogP contribution in [0.1, 0.15) is 18.5 Å². The Bertz CT molecular complexity index is 392. The predicted octanol–water partition coefficient (Wildman–Crippen LogP) is 1.60. The molecule has 0 aliphatic heterocycles. The van der Waals surface area contributed by atoms with Crippen molar-refractivity contribution >= 4 is 23.5 Å². The van der Waals surface area contributed by atoms with Gasteiger partial charge in [0.1, 0.15) is 0 Å². The first-order valence-corrected chi connectivity index (χ1v) is 4.64. The van der Waals surface area contributed by atoms with E-state index in [1.807, 2.05) is 0 Å². The van der Waals surface area contributed by atoms with Crippen molar-refractivity contribution in [2.45, 2.75) is 13.0 Å². The van der Waals surface area contributed by atoms with E-state index in [2.05, 4.69) is 5.32 Å². The summed E-state index contributed by atoms with van der Waals surface area (Å²) in [6, 6.07) is 5.40. The van der Waals surface area contributed by atoms with Gasteiger partial charge in [-0.3, -0.25) is 4.79 Å². The predicted molar refractivity (Wildman–Crippen MR) is 55.6 cm³/mol. The highest BCUT2D eigenvalue weighted by molar-refractivity contribution is 6.31. The SMILES string of the molecule is CC(=O)N[C@H](C(=O)O)c1ccccc1Cl. The molecule has 15 heavy (non-hydrogen) atoms. The maximum Gasteiger partial charge on any atom is 0.330 e. The quantitative estimate of drug-likeness (QED) is 0.824. The molecular formula is C10H10ClNO3. The first kappa shape index (κ1) is 11.5. The van der Waals surface area contributed by atoms with Gasteiger partial charge in [-0.1, -0.05) is 29.8 Å². The number of halogens is 1. The first-order valence-electron chi connectivity index (χ1n) is 4.26. The molecule has 1 rings (SSSR count). The van der Waals surface area contributed by atoms with E-state index in [1.54, 1.807) is 24.3 Å². The Kier molecular flexibility index (Phi) is 3.68. The molecule has 0 fully saturated rings. The number of hydrogen-bond acceptors (Lipinski definition) is 2. The molecule has 4 nitrogen and oxygen atoms in total. The molecule has 5 heteroatoms. The average molecular weight is 228 g/mol. The summed E-state index contributed by atoms with van der Waals surface area (Å²) in [4.78, 5) is 21.7. The van der Waals surface area contributed by atoms with E-state index in [9.17, 15) is 9.59 Å². The Morgan fingerprint density at radius 3 is 2.47 bits per heavy atom. The van der Waals surface area contributed by atoms with Crippen LogP contribution in [0.5, 0.6) is 0 Å². The van der Waals surface area contributed by atoms with Gasteiger partial charge >= 0.3 is 5.97 Å². The molecule has 1 amide bonds. The fourth-order valence-electron chi connectivity index (χ4n) is 1.18. The summed E-state index contributed by atoms with van der Waals surface area (Å²) >= 11 is 5.83. The lowest BCUT2D eigenvalue weighted by Crippen LogP contribution is -2.32. The van der Waals surface area contributed by atoms with Gasteiger partial charge in [-0.15, -0.1) is 0 Å². The van der Waals surface area contributed by atoms with Crippen molar-refractivity contribution in [1.29, 1.82) is 0 Å². The number of amides is 1. The van der Waals surface area contributed by atoms with Crippen LogP contribution in [0.25, 0.3) is 0 Å². The van der Waals surface area contributed by atoms with E-state index in [1.165, 1.54) is 6.92 Å². The minimum absolute atomic E-state index is 0.318. The zero-order valence-corrected chi connectivity index (χ0v) is 8.78. The van der Waals surface area contributed by atoms with Gasteiger partial charge in [-0.2, -0.15) is 0 Å². The number of rotatable bonds is 3. The van der Waals surface area contributed by atoms with Crippen LogP contribution >= 0.6 is 11.6 Å². The van der Waals surface area contributed by atoms with Gasteiger partial charge in [-0.05, 0) is 6.07 Å². The van der Waals surface area contributed by atoms with Crippen LogP contribution in [0, 0.1) is 0 Å². The summed E-state index contributed by atoms with van der Waals surface area (Å²) in [6.07, 6.45) is 0. The summed E-state index contributed by atoms with van der Waals surface area (Å²) in [5, 5.41) is 11.6. The van der Waals surface area contributed by atoms with E-state index in [0.29, 0.717) is 10.6 Å². The second-order valence-electron chi connectivity index (χ2n) is 2.99. The summed E-state index contributed by atoms with van der Waals surface area (Å²) in [5.74, 6) is -1.55. The molecule has 0 aliphatic rings. The largest absolute Gasteiger partial charge is 0.479 e. The molecule has 1 aromatic rings. The molecule has 0 saturated carbocycles. The Morgan fingerprint density at radius 2 is 2.00 bits per heavy atom. The molecule has 0 radical (unpaired) electrons. The highest BCUT2D eigenvalue weighted by atomic mass is 35.5. The van der Waals surface area contributed by atoms with E-state index >= 15 is 0 Å². The molecule has 80 valence electrons. The van der Waals surface area contributed by atoms with Crippen LogP contribution in [0.15, 0.2) is 24.3 Å². The normalized spacial score (nSPS) is 11.9. The van der Waals surface area contributed by atoms with Crippen molar-refractivity contribution in [2.24, 2.45) is 0 Å². The fraction of sp³-hybridized carbons (Fsp3) is 0.200. The van der Waals surface area contributed by atoms with E-state index in [0.717, 1.165) is 0 Å². The molecular weight excluding hydrogens is 218 g/mol. The smallest absolute Gasteiger partial charge is 0.330 e. The minimum atomic E-state index is -1.14. The third kappa shape index (κ3) is 2.95. The van der Waals surface area contributed by atoms with Crippen LogP contribution in [-0.4, -0.2) is 17.0 Å². The number of benzene rings is 1. The zero-order chi connectivity index (χ0) is 11.4. The topological polar surface area (TPSA) is 66.4 Å². The molecule has 0 spiro atoms. The molecule has 0 aliphatic carbocycles. The lowest BCUT2D eigenvalue weighted by atomic mass is 10.1. The first-order chi connectivity index (χ1) is 7.02. The van der Waals surface area contributed by atoms with Gasteiger partial charge in [0.05, 0.1) is 0 Å². The van der Waals surface area contributed by atoms with Crippen molar-refractivity contribution < 1.29 is 14.7 Å². The van der Waals surface area contributed by atoms with Gasteiger partial charge in [0.25, 0.3) is 0 Å².